The third-order valence-corrected chi connectivity index (χ3v) is 6.50. The van der Waals surface area contributed by atoms with Gasteiger partial charge in [-0.05, 0) is 31.9 Å². The van der Waals surface area contributed by atoms with Crippen molar-refractivity contribution in [2.75, 3.05) is 24.2 Å². The van der Waals surface area contributed by atoms with Gasteiger partial charge in [0.2, 0.25) is 5.88 Å². The molecule has 1 amide bonds. The van der Waals surface area contributed by atoms with Crippen LogP contribution in [0.4, 0.5) is 16.0 Å². The molecular weight excluding hydrogens is 461 g/mol. The van der Waals surface area contributed by atoms with Crippen LogP contribution in [0.15, 0.2) is 42.7 Å². The molecular formula is C26H28FN7O2. The first-order valence-electron chi connectivity index (χ1n) is 11.9. The fourth-order valence-corrected chi connectivity index (χ4v) is 4.61. The number of carbonyl (C=O) groups is 1. The lowest BCUT2D eigenvalue weighted by atomic mass is 10.0. The van der Waals surface area contributed by atoms with Gasteiger partial charge in [-0.3, -0.25) is 4.79 Å². The number of hydrogen-bond acceptors (Lipinski definition) is 7. The van der Waals surface area contributed by atoms with Crippen LogP contribution in [0.2, 0.25) is 0 Å². The number of carbonyl (C=O) groups excluding carboxylic acids is 1. The molecule has 0 radical (unpaired) electrons. The average molecular weight is 490 g/mol. The summed E-state index contributed by atoms with van der Waals surface area (Å²) in [7, 11) is 1.87. The average Bonchev–Trinajstić information content (AvgIpc) is 3.29. The Balaban J connectivity index is 1.81. The van der Waals surface area contributed by atoms with Gasteiger partial charge in [0.1, 0.15) is 29.1 Å². The number of fused-ring (bicyclic) bond motifs is 2. The number of anilines is 2. The van der Waals surface area contributed by atoms with Crippen LogP contribution in [0.5, 0.6) is 5.88 Å². The molecule has 2 atom stereocenters. The molecule has 2 unspecified atom stereocenters. The number of aryl methyl sites for hydroxylation is 1. The lowest BCUT2D eigenvalue weighted by Gasteiger charge is -2.32. The van der Waals surface area contributed by atoms with Crippen LogP contribution >= 0.6 is 0 Å². The Hall–Kier alpha value is -4.21. The van der Waals surface area contributed by atoms with Crippen molar-refractivity contribution in [3.63, 3.8) is 0 Å². The van der Waals surface area contributed by atoms with Gasteiger partial charge in [0.25, 0.3) is 5.91 Å². The fourth-order valence-electron chi connectivity index (χ4n) is 4.61. The Morgan fingerprint density at radius 2 is 2.00 bits per heavy atom. The van der Waals surface area contributed by atoms with Gasteiger partial charge in [-0.15, -0.1) is 0 Å². The number of nitrogens with one attached hydrogen (secondary N) is 1. The molecule has 5 rings (SSSR count). The smallest absolute Gasteiger partial charge is 0.256 e. The van der Waals surface area contributed by atoms with Crippen molar-refractivity contribution in [1.29, 1.82) is 0 Å². The second-order valence-electron chi connectivity index (χ2n) is 9.08. The Kier molecular flexibility index (Phi) is 5.95. The summed E-state index contributed by atoms with van der Waals surface area (Å²) in [6.45, 7) is 6.04. The van der Waals surface area contributed by atoms with Crippen LogP contribution in [0.1, 0.15) is 47.8 Å². The first-order chi connectivity index (χ1) is 17.3. The second-order valence-corrected chi connectivity index (χ2v) is 9.08. The van der Waals surface area contributed by atoms with Crippen molar-refractivity contribution in [1.82, 2.24) is 24.9 Å². The summed E-state index contributed by atoms with van der Waals surface area (Å²) < 4.78 is 22.0. The lowest BCUT2D eigenvalue weighted by Crippen LogP contribution is -2.34. The first kappa shape index (κ1) is 23.5. The molecule has 10 heteroatoms. The molecule has 3 N–H and O–H groups in total. The number of amides is 1. The third-order valence-electron chi connectivity index (χ3n) is 6.50. The van der Waals surface area contributed by atoms with Crippen LogP contribution in [0, 0.1) is 12.7 Å². The van der Waals surface area contributed by atoms with Crippen LogP contribution < -0.4 is 20.7 Å². The van der Waals surface area contributed by atoms with E-state index in [4.69, 9.17) is 15.5 Å². The first-order valence-corrected chi connectivity index (χ1v) is 11.9. The maximum atomic E-state index is 14.4. The summed E-state index contributed by atoms with van der Waals surface area (Å²) in [5.41, 5.74) is 10.5. The highest BCUT2D eigenvalue weighted by Gasteiger charge is 2.29. The number of ether oxygens (including phenoxy) is 1. The highest BCUT2D eigenvalue weighted by atomic mass is 19.1. The van der Waals surface area contributed by atoms with Crippen LogP contribution in [0.25, 0.3) is 16.8 Å². The largest absolute Gasteiger partial charge is 0.473 e. The van der Waals surface area contributed by atoms with Crippen LogP contribution in [-0.4, -0.2) is 45.2 Å². The molecule has 0 spiro atoms. The number of halogens is 1. The molecule has 0 fully saturated rings. The molecule has 0 saturated carbocycles. The van der Waals surface area contributed by atoms with E-state index in [-0.39, 0.29) is 18.5 Å². The number of benzene rings is 1. The number of nitrogens with two attached hydrogens (primary N) is 1. The Morgan fingerprint density at radius 3 is 2.72 bits per heavy atom. The third kappa shape index (κ3) is 3.98. The minimum absolute atomic E-state index is 0.213. The zero-order valence-corrected chi connectivity index (χ0v) is 20.6. The molecule has 3 aromatic heterocycles. The number of nitrogens with zero attached hydrogens (tertiary/aromatic N) is 5. The number of aromatic nitrogens is 4. The number of pyridine rings is 1. The predicted molar refractivity (Wildman–Crippen MR) is 136 cm³/mol. The Morgan fingerprint density at radius 1 is 1.25 bits per heavy atom. The molecule has 4 heterocycles. The minimum atomic E-state index is -0.464. The van der Waals surface area contributed by atoms with Crippen molar-refractivity contribution in [2.24, 2.45) is 0 Å². The van der Waals surface area contributed by atoms with Gasteiger partial charge >= 0.3 is 0 Å². The van der Waals surface area contributed by atoms with Crippen LogP contribution in [-0.2, 0) is 0 Å². The predicted octanol–water partition coefficient (Wildman–Crippen LogP) is 3.92. The quantitative estimate of drug-likeness (QED) is 0.439. The van der Waals surface area contributed by atoms with Gasteiger partial charge in [-0.2, -0.15) is 9.61 Å². The van der Waals surface area contributed by atoms with E-state index >= 15 is 0 Å². The summed E-state index contributed by atoms with van der Waals surface area (Å²) >= 11 is 0. The van der Waals surface area contributed by atoms with E-state index in [1.54, 1.807) is 0 Å². The summed E-state index contributed by atoms with van der Waals surface area (Å²) in [5.74, 6) is 0.381. The maximum Gasteiger partial charge on any atom is 0.256 e. The molecule has 1 aliphatic rings. The number of hydrogen-bond donors (Lipinski definition) is 2. The van der Waals surface area contributed by atoms with E-state index in [2.05, 4.69) is 15.4 Å². The zero-order chi connectivity index (χ0) is 25.6. The maximum absolute atomic E-state index is 14.4. The molecule has 9 nitrogen and oxygen atoms in total. The van der Waals surface area contributed by atoms with Crippen molar-refractivity contribution in [2.45, 2.75) is 39.3 Å². The molecule has 186 valence electrons. The Bertz CT molecular complexity index is 1450. The number of nitrogen functional groups attached to an aromatic ring is 1. The highest BCUT2D eigenvalue weighted by molar-refractivity contribution is 6.01. The van der Waals surface area contributed by atoms with Crippen molar-refractivity contribution in [3.8, 4) is 17.0 Å². The van der Waals surface area contributed by atoms with Crippen LogP contribution in [0.3, 0.4) is 0 Å². The van der Waals surface area contributed by atoms with Gasteiger partial charge < -0.3 is 20.7 Å². The SMILES string of the molecule is CCC1c2cc(F)cnc2OC(C)CNC(=O)c2cnn3c(N)c(-c4ccc(C)cc4)c(nc23)N1C. The van der Waals surface area contributed by atoms with Gasteiger partial charge in [-0.25, -0.2) is 14.4 Å². The molecule has 0 aliphatic carbocycles. The van der Waals surface area contributed by atoms with E-state index in [9.17, 15) is 9.18 Å². The van der Waals surface area contributed by atoms with E-state index in [0.29, 0.717) is 46.3 Å². The van der Waals surface area contributed by atoms with Crippen molar-refractivity contribution >= 4 is 23.2 Å². The monoisotopic (exact) mass is 489 g/mol. The molecule has 1 aromatic carbocycles. The molecule has 2 bridgehead atoms. The van der Waals surface area contributed by atoms with Crippen molar-refractivity contribution in [3.05, 3.63) is 65.2 Å². The minimum Gasteiger partial charge on any atom is -0.473 e. The van der Waals surface area contributed by atoms with E-state index < -0.39 is 11.9 Å². The summed E-state index contributed by atoms with van der Waals surface area (Å²) in [4.78, 5) is 24.2. The second kappa shape index (κ2) is 9.10. The van der Waals surface area contributed by atoms with E-state index in [0.717, 1.165) is 17.3 Å². The summed E-state index contributed by atoms with van der Waals surface area (Å²) in [6, 6.07) is 9.03. The van der Waals surface area contributed by atoms with E-state index in [1.807, 2.05) is 57.0 Å². The standard InChI is InChI=1S/C26H28FN7O2/c1-5-20-18-10-17(27)12-30-26(18)36-15(3)11-29-25(35)19-13-31-34-22(28)21(16-8-6-14(2)7-9-16)24(33(20)4)32-23(19)34/h6-10,12-13,15,20H,5,11,28H2,1-4H3,(H,29,35). The highest BCUT2D eigenvalue weighted by Crippen LogP contribution is 2.40. The van der Waals surface area contributed by atoms with Gasteiger partial charge in [0.15, 0.2) is 5.65 Å². The molecule has 0 saturated heterocycles. The molecule has 4 aromatic rings. The fraction of sp³-hybridized carbons (Fsp3) is 0.308. The zero-order valence-electron chi connectivity index (χ0n) is 20.6. The summed E-state index contributed by atoms with van der Waals surface area (Å²) in [5, 5.41) is 7.24. The Labute approximate surface area is 208 Å². The summed E-state index contributed by atoms with van der Waals surface area (Å²) in [6.07, 6.45) is 2.79. The normalized spacial score (nSPS) is 18.1. The number of rotatable bonds is 2. The molecule has 36 heavy (non-hydrogen) atoms. The van der Waals surface area contributed by atoms with E-state index in [1.165, 1.54) is 16.8 Å². The van der Waals surface area contributed by atoms with Gasteiger partial charge in [0.05, 0.1) is 30.5 Å². The van der Waals surface area contributed by atoms with Gasteiger partial charge in [-0.1, -0.05) is 36.8 Å². The van der Waals surface area contributed by atoms with Gasteiger partial charge in [0, 0.05) is 12.6 Å². The topological polar surface area (TPSA) is 111 Å². The van der Waals surface area contributed by atoms with Crippen molar-refractivity contribution < 1.29 is 13.9 Å². The molecule has 1 aliphatic heterocycles. The lowest BCUT2D eigenvalue weighted by molar-refractivity contribution is 0.0932.